The van der Waals surface area contributed by atoms with Crippen LogP contribution in [0.1, 0.15) is 19.3 Å². The van der Waals surface area contributed by atoms with Gasteiger partial charge in [-0.1, -0.05) is 0 Å². The molecule has 1 heterocycles. The summed E-state index contributed by atoms with van der Waals surface area (Å²) < 4.78 is 0. The normalized spacial score (nSPS) is 22.7. The van der Waals surface area contributed by atoms with Crippen molar-refractivity contribution in [2.75, 3.05) is 39.5 Å². The van der Waals surface area contributed by atoms with Crippen LogP contribution in [0.3, 0.4) is 0 Å². The first-order chi connectivity index (χ1) is 7.13. The molecule has 0 aromatic heterocycles. The molecule has 15 heavy (non-hydrogen) atoms. The minimum absolute atomic E-state index is 0.221. The van der Waals surface area contributed by atoms with E-state index in [4.69, 9.17) is 0 Å². The second kappa shape index (κ2) is 6.38. The van der Waals surface area contributed by atoms with Crippen molar-refractivity contribution in [1.29, 1.82) is 0 Å². The molecule has 1 rings (SSSR count). The van der Waals surface area contributed by atoms with E-state index in [9.17, 15) is 4.79 Å². The maximum Gasteiger partial charge on any atom is 0.223 e. The molecule has 0 saturated carbocycles. The van der Waals surface area contributed by atoms with E-state index in [2.05, 4.69) is 24.6 Å². The molecule has 1 unspecified atom stereocenters. The molecular weight excluding hydrogens is 208 g/mol. The van der Waals surface area contributed by atoms with Crippen LogP contribution in [0.5, 0.6) is 0 Å². The minimum atomic E-state index is 0.221. The molecule has 0 radical (unpaired) electrons. The minimum Gasteiger partial charge on any atom is -0.345 e. The number of hydrogen-bond acceptors (Lipinski definition) is 3. The lowest BCUT2D eigenvalue weighted by Gasteiger charge is -2.32. The molecule has 4 heteroatoms. The van der Waals surface area contributed by atoms with Gasteiger partial charge in [0, 0.05) is 26.6 Å². The van der Waals surface area contributed by atoms with Gasteiger partial charge in [0.25, 0.3) is 0 Å². The third-order valence-corrected chi connectivity index (χ3v) is 3.23. The van der Waals surface area contributed by atoms with Crippen molar-refractivity contribution < 1.29 is 4.79 Å². The monoisotopic (exact) mass is 230 g/mol. The lowest BCUT2D eigenvalue weighted by Crippen LogP contribution is -2.40. The molecule has 1 atom stereocenters. The predicted octanol–water partition coefficient (Wildman–Crippen LogP) is 1.11. The first-order valence-corrected chi connectivity index (χ1v) is 6.30. The molecule has 0 N–H and O–H groups in total. The zero-order valence-electron chi connectivity index (χ0n) is 9.78. The van der Waals surface area contributed by atoms with Gasteiger partial charge in [-0.3, -0.25) is 4.79 Å². The average Bonchev–Trinajstić information content (AvgIpc) is 2.18. The van der Waals surface area contributed by atoms with Crippen LogP contribution < -0.4 is 0 Å². The third kappa shape index (κ3) is 4.43. The van der Waals surface area contributed by atoms with Crippen LogP contribution in [0.4, 0.5) is 0 Å². The lowest BCUT2D eigenvalue weighted by atomic mass is 9.98. The predicted molar refractivity (Wildman–Crippen MR) is 66.3 cm³/mol. The van der Waals surface area contributed by atoms with Crippen molar-refractivity contribution in [3.63, 3.8) is 0 Å². The number of piperidine rings is 1. The van der Waals surface area contributed by atoms with Gasteiger partial charge in [0.15, 0.2) is 0 Å². The van der Waals surface area contributed by atoms with Crippen LogP contribution in [0.25, 0.3) is 0 Å². The van der Waals surface area contributed by atoms with Gasteiger partial charge >= 0.3 is 0 Å². The first kappa shape index (κ1) is 12.8. The summed E-state index contributed by atoms with van der Waals surface area (Å²) >= 11 is 4.08. The van der Waals surface area contributed by atoms with E-state index in [0.717, 1.165) is 13.1 Å². The van der Waals surface area contributed by atoms with Gasteiger partial charge in [-0.15, -0.1) is 0 Å². The van der Waals surface area contributed by atoms with Gasteiger partial charge in [0.05, 0.1) is 0 Å². The van der Waals surface area contributed by atoms with Crippen molar-refractivity contribution in [3.8, 4) is 0 Å². The van der Waals surface area contributed by atoms with Crippen molar-refractivity contribution in [2.24, 2.45) is 5.92 Å². The second-order valence-electron chi connectivity index (χ2n) is 4.52. The van der Waals surface area contributed by atoms with Crippen LogP contribution in [0, 0.1) is 5.92 Å². The quantitative estimate of drug-likeness (QED) is 0.731. The average molecular weight is 230 g/mol. The van der Waals surface area contributed by atoms with Crippen molar-refractivity contribution >= 4 is 18.5 Å². The zero-order chi connectivity index (χ0) is 11.3. The Morgan fingerprint density at radius 1 is 1.60 bits per heavy atom. The number of carbonyl (C=O) groups excluding carboxylic acids is 1. The number of likely N-dealkylation sites (tertiary alicyclic amines) is 1. The van der Waals surface area contributed by atoms with E-state index < -0.39 is 0 Å². The van der Waals surface area contributed by atoms with Crippen molar-refractivity contribution in [3.05, 3.63) is 0 Å². The van der Waals surface area contributed by atoms with Gasteiger partial charge in [-0.2, -0.15) is 12.6 Å². The maximum atomic E-state index is 11.6. The van der Waals surface area contributed by atoms with Gasteiger partial charge in [0.2, 0.25) is 5.91 Å². The molecule has 0 spiro atoms. The Labute approximate surface area is 98.2 Å². The summed E-state index contributed by atoms with van der Waals surface area (Å²) in [7, 11) is 4.06. The lowest BCUT2D eigenvalue weighted by molar-refractivity contribution is -0.130. The SMILES string of the molecule is CN1CCCC(CN(C)C(=O)CCS)C1. The number of hydrogen-bond donors (Lipinski definition) is 1. The van der Waals surface area contributed by atoms with Gasteiger partial charge in [-0.05, 0) is 38.1 Å². The first-order valence-electron chi connectivity index (χ1n) is 5.67. The molecule has 1 fully saturated rings. The topological polar surface area (TPSA) is 23.6 Å². The van der Waals surface area contributed by atoms with Crippen LogP contribution in [-0.4, -0.2) is 55.2 Å². The largest absolute Gasteiger partial charge is 0.345 e. The molecule has 0 aliphatic carbocycles. The molecule has 0 aromatic rings. The summed E-state index contributed by atoms with van der Waals surface area (Å²) in [5.74, 6) is 1.52. The Balaban J connectivity index is 2.30. The van der Waals surface area contributed by atoms with Crippen LogP contribution >= 0.6 is 12.6 Å². The number of nitrogens with zero attached hydrogens (tertiary/aromatic N) is 2. The van der Waals surface area contributed by atoms with E-state index in [0.29, 0.717) is 18.1 Å². The van der Waals surface area contributed by atoms with Gasteiger partial charge in [-0.25, -0.2) is 0 Å². The second-order valence-corrected chi connectivity index (χ2v) is 4.97. The highest BCUT2D eigenvalue weighted by atomic mass is 32.1. The van der Waals surface area contributed by atoms with Crippen molar-refractivity contribution in [2.45, 2.75) is 19.3 Å². The summed E-state index contributed by atoms with van der Waals surface area (Å²) in [5, 5.41) is 0. The molecule has 0 bridgehead atoms. The Hall–Kier alpha value is -0.220. The van der Waals surface area contributed by atoms with Gasteiger partial charge < -0.3 is 9.80 Å². The molecule has 1 saturated heterocycles. The van der Waals surface area contributed by atoms with Gasteiger partial charge in [0.1, 0.15) is 0 Å². The molecule has 1 aliphatic rings. The Kier molecular flexibility index (Phi) is 5.47. The zero-order valence-corrected chi connectivity index (χ0v) is 10.7. The summed E-state index contributed by atoms with van der Waals surface area (Å²) in [6.45, 7) is 3.22. The third-order valence-electron chi connectivity index (χ3n) is 3.01. The number of carbonyl (C=O) groups is 1. The molecule has 3 nitrogen and oxygen atoms in total. The smallest absolute Gasteiger partial charge is 0.223 e. The number of thiol groups is 1. The molecule has 1 aliphatic heterocycles. The van der Waals surface area contributed by atoms with E-state index >= 15 is 0 Å². The fraction of sp³-hybridized carbons (Fsp3) is 0.909. The van der Waals surface area contributed by atoms with E-state index in [1.54, 1.807) is 0 Å². The van der Waals surface area contributed by atoms with E-state index in [-0.39, 0.29) is 5.91 Å². The maximum absolute atomic E-state index is 11.6. The summed E-state index contributed by atoms with van der Waals surface area (Å²) in [6.07, 6.45) is 3.07. The Bertz CT molecular complexity index is 211. The highest BCUT2D eigenvalue weighted by molar-refractivity contribution is 7.80. The van der Waals surface area contributed by atoms with E-state index in [1.165, 1.54) is 19.4 Å². The molecule has 88 valence electrons. The Morgan fingerprint density at radius 3 is 2.93 bits per heavy atom. The molecular formula is C11H22N2OS. The number of amides is 1. The Morgan fingerprint density at radius 2 is 2.33 bits per heavy atom. The number of rotatable bonds is 4. The van der Waals surface area contributed by atoms with Crippen molar-refractivity contribution in [1.82, 2.24) is 9.80 Å². The fourth-order valence-corrected chi connectivity index (χ4v) is 2.39. The summed E-state index contributed by atoms with van der Waals surface area (Å²) in [6, 6.07) is 0. The highest BCUT2D eigenvalue weighted by Crippen LogP contribution is 2.16. The summed E-state index contributed by atoms with van der Waals surface area (Å²) in [5.41, 5.74) is 0. The summed E-state index contributed by atoms with van der Waals surface area (Å²) in [4.78, 5) is 15.8. The fourth-order valence-electron chi connectivity index (χ4n) is 2.20. The molecule has 0 aromatic carbocycles. The van der Waals surface area contributed by atoms with Crippen LogP contribution in [0.15, 0.2) is 0 Å². The van der Waals surface area contributed by atoms with Crippen LogP contribution in [-0.2, 0) is 4.79 Å². The standard InChI is InChI=1S/C11H22N2OS/c1-12-6-3-4-10(8-12)9-13(2)11(14)5-7-15/h10,15H,3-9H2,1-2H3. The molecule has 1 amide bonds. The van der Waals surface area contributed by atoms with E-state index in [1.807, 2.05) is 11.9 Å². The van der Waals surface area contributed by atoms with Crippen LogP contribution in [0.2, 0.25) is 0 Å². The highest BCUT2D eigenvalue weighted by Gasteiger charge is 2.20.